The third kappa shape index (κ3) is 2.70. The van der Waals surface area contributed by atoms with Crippen LogP contribution < -0.4 is 0 Å². The lowest BCUT2D eigenvalue weighted by Gasteiger charge is -2.17. The summed E-state index contributed by atoms with van der Waals surface area (Å²) in [5.41, 5.74) is 2.88. The van der Waals surface area contributed by atoms with Gasteiger partial charge in [0.05, 0.1) is 0 Å². The van der Waals surface area contributed by atoms with E-state index in [9.17, 15) is 4.39 Å². The molecule has 88 valence electrons. The van der Waals surface area contributed by atoms with E-state index in [0.717, 1.165) is 16.8 Å². The number of benzene rings is 1. The molecule has 0 aliphatic heterocycles. The zero-order valence-electron chi connectivity index (χ0n) is 10.4. The van der Waals surface area contributed by atoms with Crippen molar-refractivity contribution in [2.75, 3.05) is 0 Å². The Morgan fingerprint density at radius 1 is 1.00 bits per heavy atom. The first-order valence-corrected chi connectivity index (χ1v) is 5.69. The maximum Gasteiger partial charge on any atom is 0.123 e. The molecule has 2 heteroatoms. The lowest BCUT2D eigenvalue weighted by atomic mass is 9.91. The minimum atomic E-state index is -0.220. The van der Waals surface area contributed by atoms with E-state index >= 15 is 0 Å². The fourth-order valence-corrected chi connectivity index (χ4v) is 1.68. The second kappa shape index (κ2) is 4.28. The van der Waals surface area contributed by atoms with Crippen molar-refractivity contribution in [3.63, 3.8) is 0 Å². The fraction of sp³-hybridized carbons (Fsp3) is 0.267. The Morgan fingerprint density at radius 2 is 1.76 bits per heavy atom. The van der Waals surface area contributed by atoms with E-state index in [0.29, 0.717) is 0 Å². The van der Waals surface area contributed by atoms with E-state index in [1.54, 1.807) is 12.3 Å². The van der Waals surface area contributed by atoms with Crippen LogP contribution in [0.2, 0.25) is 0 Å². The Morgan fingerprint density at radius 3 is 2.29 bits per heavy atom. The van der Waals surface area contributed by atoms with Crippen molar-refractivity contribution in [3.05, 3.63) is 54.1 Å². The van der Waals surface area contributed by atoms with Crippen molar-refractivity contribution in [2.24, 2.45) is 0 Å². The molecular formula is C15H16FN. The molecule has 1 heterocycles. The molecule has 1 nitrogen and oxygen atoms in total. The highest BCUT2D eigenvalue weighted by Gasteiger charge is 2.14. The van der Waals surface area contributed by atoms with E-state index in [1.165, 1.54) is 12.1 Å². The van der Waals surface area contributed by atoms with Gasteiger partial charge in [0.1, 0.15) is 5.82 Å². The van der Waals surface area contributed by atoms with Gasteiger partial charge in [0.15, 0.2) is 0 Å². The van der Waals surface area contributed by atoms with Crippen LogP contribution in [0.3, 0.4) is 0 Å². The van der Waals surface area contributed by atoms with E-state index < -0.39 is 0 Å². The highest BCUT2D eigenvalue weighted by molar-refractivity contribution is 5.62. The van der Waals surface area contributed by atoms with Crippen molar-refractivity contribution < 1.29 is 4.39 Å². The highest BCUT2D eigenvalue weighted by Crippen LogP contribution is 2.24. The highest BCUT2D eigenvalue weighted by atomic mass is 19.1. The SMILES string of the molecule is CC(C)(C)c1ccc(-c2cccc(F)c2)cn1. The summed E-state index contributed by atoms with van der Waals surface area (Å²) in [5, 5.41) is 0. The summed E-state index contributed by atoms with van der Waals surface area (Å²) in [4.78, 5) is 4.43. The Balaban J connectivity index is 2.36. The van der Waals surface area contributed by atoms with Gasteiger partial charge in [-0.25, -0.2) is 4.39 Å². The number of rotatable bonds is 1. The third-order valence-electron chi connectivity index (χ3n) is 2.69. The Labute approximate surface area is 101 Å². The number of halogens is 1. The zero-order chi connectivity index (χ0) is 12.5. The number of aromatic nitrogens is 1. The van der Waals surface area contributed by atoms with Crippen LogP contribution in [-0.4, -0.2) is 4.98 Å². The average Bonchev–Trinajstić information content (AvgIpc) is 2.28. The summed E-state index contributed by atoms with van der Waals surface area (Å²) in [7, 11) is 0. The van der Waals surface area contributed by atoms with Crippen molar-refractivity contribution in [1.29, 1.82) is 0 Å². The van der Waals surface area contributed by atoms with Gasteiger partial charge in [-0.1, -0.05) is 39.0 Å². The van der Waals surface area contributed by atoms with Crippen LogP contribution in [-0.2, 0) is 5.41 Å². The molecule has 0 fully saturated rings. The first kappa shape index (κ1) is 11.8. The Hall–Kier alpha value is -1.70. The van der Waals surface area contributed by atoms with E-state index in [-0.39, 0.29) is 11.2 Å². The standard InChI is InChI=1S/C15H16FN/c1-15(2,3)14-8-7-12(10-17-14)11-5-4-6-13(16)9-11/h4-10H,1-3H3. The lowest BCUT2D eigenvalue weighted by molar-refractivity contribution is 0.569. The number of pyridine rings is 1. The topological polar surface area (TPSA) is 12.9 Å². The van der Waals surface area contributed by atoms with Crippen LogP contribution in [0.1, 0.15) is 26.5 Å². The molecule has 2 aromatic rings. The van der Waals surface area contributed by atoms with Gasteiger partial charge < -0.3 is 0 Å². The zero-order valence-corrected chi connectivity index (χ0v) is 10.4. The quantitative estimate of drug-likeness (QED) is 0.714. The molecule has 0 N–H and O–H groups in total. The molecule has 0 bridgehead atoms. The summed E-state index contributed by atoms with van der Waals surface area (Å²) in [6.45, 7) is 6.37. The van der Waals surface area contributed by atoms with Crippen LogP contribution in [0.4, 0.5) is 4.39 Å². The maximum atomic E-state index is 13.1. The molecular weight excluding hydrogens is 213 g/mol. The van der Waals surface area contributed by atoms with Crippen molar-refractivity contribution in [3.8, 4) is 11.1 Å². The van der Waals surface area contributed by atoms with Crippen molar-refractivity contribution in [2.45, 2.75) is 26.2 Å². The molecule has 0 radical (unpaired) electrons. The molecule has 0 unspecified atom stereocenters. The second-order valence-corrected chi connectivity index (χ2v) is 5.19. The predicted molar refractivity (Wildman–Crippen MR) is 68.3 cm³/mol. The van der Waals surface area contributed by atoms with Crippen molar-refractivity contribution >= 4 is 0 Å². The van der Waals surface area contributed by atoms with Crippen LogP contribution >= 0.6 is 0 Å². The first-order valence-electron chi connectivity index (χ1n) is 5.69. The molecule has 0 atom stereocenters. The van der Waals surface area contributed by atoms with E-state index in [4.69, 9.17) is 0 Å². The molecule has 0 saturated carbocycles. The summed E-state index contributed by atoms with van der Waals surface area (Å²) < 4.78 is 13.1. The molecule has 0 saturated heterocycles. The largest absolute Gasteiger partial charge is 0.260 e. The van der Waals surface area contributed by atoms with Crippen molar-refractivity contribution in [1.82, 2.24) is 4.98 Å². The Kier molecular flexibility index (Phi) is 2.97. The Bertz CT molecular complexity index is 509. The predicted octanol–water partition coefficient (Wildman–Crippen LogP) is 4.19. The summed E-state index contributed by atoms with van der Waals surface area (Å²) in [6.07, 6.45) is 1.80. The molecule has 0 aliphatic carbocycles. The third-order valence-corrected chi connectivity index (χ3v) is 2.69. The van der Waals surface area contributed by atoms with E-state index in [2.05, 4.69) is 25.8 Å². The molecule has 0 amide bonds. The van der Waals surface area contributed by atoms with Gasteiger partial charge >= 0.3 is 0 Å². The number of nitrogens with zero attached hydrogens (tertiary/aromatic N) is 1. The number of hydrogen-bond acceptors (Lipinski definition) is 1. The monoisotopic (exact) mass is 229 g/mol. The fourth-order valence-electron chi connectivity index (χ4n) is 1.68. The average molecular weight is 229 g/mol. The molecule has 1 aromatic heterocycles. The van der Waals surface area contributed by atoms with Gasteiger partial charge in [-0.2, -0.15) is 0 Å². The second-order valence-electron chi connectivity index (χ2n) is 5.19. The first-order chi connectivity index (χ1) is 7.97. The van der Waals surface area contributed by atoms with E-state index in [1.807, 2.05) is 18.2 Å². The van der Waals surface area contributed by atoms with Gasteiger partial charge in [-0.3, -0.25) is 4.98 Å². The van der Waals surface area contributed by atoms with Crippen LogP contribution in [0.15, 0.2) is 42.6 Å². The minimum absolute atomic E-state index is 0.0421. The van der Waals surface area contributed by atoms with Gasteiger partial charge in [-0.05, 0) is 23.8 Å². The smallest absolute Gasteiger partial charge is 0.123 e. The van der Waals surface area contributed by atoms with Crippen LogP contribution in [0.25, 0.3) is 11.1 Å². The van der Waals surface area contributed by atoms with Gasteiger partial charge in [0.2, 0.25) is 0 Å². The van der Waals surface area contributed by atoms with Gasteiger partial charge in [0, 0.05) is 22.9 Å². The molecule has 2 rings (SSSR count). The molecule has 0 aliphatic rings. The molecule has 0 spiro atoms. The van der Waals surface area contributed by atoms with Crippen LogP contribution in [0.5, 0.6) is 0 Å². The minimum Gasteiger partial charge on any atom is -0.260 e. The molecule has 1 aromatic carbocycles. The summed E-state index contributed by atoms with van der Waals surface area (Å²) in [5.74, 6) is -0.220. The normalized spacial score (nSPS) is 11.5. The molecule has 17 heavy (non-hydrogen) atoms. The maximum absolute atomic E-state index is 13.1. The number of hydrogen-bond donors (Lipinski definition) is 0. The lowest BCUT2D eigenvalue weighted by Crippen LogP contribution is -2.12. The summed E-state index contributed by atoms with van der Waals surface area (Å²) in [6, 6.07) is 10.6. The van der Waals surface area contributed by atoms with Crippen LogP contribution in [0, 0.1) is 5.82 Å². The van der Waals surface area contributed by atoms with Gasteiger partial charge in [0.25, 0.3) is 0 Å². The summed E-state index contributed by atoms with van der Waals surface area (Å²) >= 11 is 0. The van der Waals surface area contributed by atoms with Gasteiger partial charge in [-0.15, -0.1) is 0 Å².